The SMILES string of the molecule is O=[N+]([O-])c1ccc2c(N3CCC3)nc(-c3cccc(C(F)(F)F)c3)nc2c1. The Labute approximate surface area is 151 Å². The first-order chi connectivity index (χ1) is 12.8. The predicted octanol–water partition coefficient (Wildman–Crippen LogP) is 4.43. The van der Waals surface area contributed by atoms with Gasteiger partial charge in [-0.2, -0.15) is 13.2 Å². The van der Waals surface area contributed by atoms with Gasteiger partial charge in [0.05, 0.1) is 16.0 Å². The fraction of sp³-hybridized carbons (Fsp3) is 0.222. The van der Waals surface area contributed by atoms with Gasteiger partial charge in [0.15, 0.2) is 5.82 Å². The fourth-order valence-electron chi connectivity index (χ4n) is 2.95. The quantitative estimate of drug-likeness (QED) is 0.501. The van der Waals surface area contributed by atoms with Crippen molar-refractivity contribution in [2.24, 2.45) is 0 Å². The van der Waals surface area contributed by atoms with E-state index in [9.17, 15) is 23.3 Å². The maximum absolute atomic E-state index is 13.0. The Morgan fingerprint density at radius 3 is 2.48 bits per heavy atom. The zero-order valence-electron chi connectivity index (χ0n) is 13.9. The second kappa shape index (κ2) is 6.19. The van der Waals surface area contributed by atoms with Gasteiger partial charge in [-0.1, -0.05) is 12.1 Å². The molecule has 0 spiro atoms. The largest absolute Gasteiger partial charge is 0.416 e. The molecule has 0 amide bonds. The number of nitrogens with zero attached hydrogens (tertiary/aromatic N) is 4. The number of hydrogen-bond donors (Lipinski definition) is 0. The number of aromatic nitrogens is 2. The van der Waals surface area contributed by atoms with E-state index < -0.39 is 16.7 Å². The van der Waals surface area contributed by atoms with E-state index in [-0.39, 0.29) is 17.1 Å². The van der Waals surface area contributed by atoms with Crippen molar-refractivity contribution in [1.82, 2.24) is 9.97 Å². The van der Waals surface area contributed by atoms with Gasteiger partial charge in [0.2, 0.25) is 0 Å². The fourth-order valence-corrected chi connectivity index (χ4v) is 2.95. The van der Waals surface area contributed by atoms with Gasteiger partial charge >= 0.3 is 6.18 Å². The van der Waals surface area contributed by atoms with Crippen LogP contribution in [0.1, 0.15) is 12.0 Å². The third-order valence-electron chi connectivity index (χ3n) is 4.47. The van der Waals surface area contributed by atoms with Crippen LogP contribution < -0.4 is 4.90 Å². The smallest absolute Gasteiger partial charge is 0.356 e. The Morgan fingerprint density at radius 2 is 1.85 bits per heavy atom. The molecule has 1 aromatic heterocycles. The van der Waals surface area contributed by atoms with Crippen LogP contribution in [0.5, 0.6) is 0 Å². The lowest BCUT2D eigenvalue weighted by Crippen LogP contribution is -2.37. The molecule has 0 saturated carbocycles. The minimum Gasteiger partial charge on any atom is -0.356 e. The first kappa shape index (κ1) is 17.2. The minimum atomic E-state index is -4.48. The van der Waals surface area contributed by atoms with E-state index in [1.54, 1.807) is 6.07 Å². The van der Waals surface area contributed by atoms with Gasteiger partial charge < -0.3 is 4.90 Å². The Hall–Kier alpha value is -3.23. The van der Waals surface area contributed by atoms with Crippen molar-refractivity contribution in [3.63, 3.8) is 0 Å². The molecule has 1 fully saturated rings. The van der Waals surface area contributed by atoms with Crippen molar-refractivity contribution in [2.75, 3.05) is 18.0 Å². The van der Waals surface area contributed by atoms with Crippen molar-refractivity contribution in [1.29, 1.82) is 0 Å². The van der Waals surface area contributed by atoms with Gasteiger partial charge in [-0.3, -0.25) is 10.1 Å². The summed E-state index contributed by atoms with van der Waals surface area (Å²) >= 11 is 0. The van der Waals surface area contributed by atoms with E-state index in [1.807, 2.05) is 4.90 Å². The highest BCUT2D eigenvalue weighted by molar-refractivity contribution is 5.92. The lowest BCUT2D eigenvalue weighted by Gasteiger charge is -2.33. The summed E-state index contributed by atoms with van der Waals surface area (Å²) in [5.74, 6) is 0.685. The van der Waals surface area contributed by atoms with Gasteiger partial charge in [-0.15, -0.1) is 0 Å². The van der Waals surface area contributed by atoms with Crippen LogP contribution in [-0.4, -0.2) is 28.0 Å². The van der Waals surface area contributed by atoms with Crippen molar-refractivity contribution < 1.29 is 18.1 Å². The van der Waals surface area contributed by atoms with E-state index in [0.29, 0.717) is 16.7 Å². The first-order valence-corrected chi connectivity index (χ1v) is 8.22. The molecular weight excluding hydrogens is 361 g/mol. The summed E-state index contributed by atoms with van der Waals surface area (Å²) < 4.78 is 39.1. The van der Waals surface area contributed by atoms with E-state index >= 15 is 0 Å². The molecule has 0 radical (unpaired) electrons. The molecule has 0 unspecified atom stereocenters. The Balaban J connectivity index is 1.91. The summed E-state index contributed by atoms with van der Waals surface area (Å²) in [5.41, 5.74) is -0.396. The van der Waals surface area contributed by atoms with Crippen LogP contribution in [0.15, 0.2) is 42.5 Å². The Morgan fingerprint density at radius 1 is 1.07 bits per heavy atom. The third-order valence-corrected chi connectivity index (χ3v) is 4.47. The number of non-ortho nitro benzene ring substituents is 1. The van der Waals surface area contributed by atoms with Crippen LogP contribution in [0.2, 0.25) is 0 Å². The molecule has 0 N–H and O–H groups in total. The highest BCUT2D eigenvalue weighted by Gasteiger charge is 2.31. The number of alkyl halides is 3. The molecule has 0 aliphatic carbocycles. The standard InChI is InChI=1S/C18H13F3N4O2/c19-18(20,21)12-4-1-3-11(9-12)16-22-15-10-13(25(26)27)5-6-14(15)17(23-16)24-7-2-8-24/h1,3-6,9-10H,2,7-8H2. The molecule has 2 heterocycles. The molecule has 1 saturated heterocycles. The van der Waals surface area contributed by atoms with Gasteiger partial charge in [-0.25, -0.2) is 9.97 Å². The summed E-state index contributed by atoms with van der Waals surface area (Å²) in [6.45, 7) is 1.54. The van der Waals surface area contributed by atoms with Crippen molar-refractivity contribution >= 4 is 22.4 Å². The van der Waals surface area contributed by atoms with Crippen LogP contribution in [0.25, 0.3) is 22.3 Å². The van der Waals surface area contributed by atoms with Gasteiger partial charge in [0.25, 0.3) is 5.69 Å². The lowest BCUT2D eigenvalue weighted by molar-refractivity contribution is -0.384. The Bertz CT molecular complexity index is 1050. The molecule has 2 aromatic carbocycles. The number of hydrogen-bond acceptors (Lipinski definition) is 5. The summed E-state index contributed by atoms with van der Waals surface area (Å²) in [5, 5.41) is 11.7. The number of benzene rings is 2. The Kier molecular flexibility index (Phi) is 3.94. The predicted molar refractivity (Wildman–Crippen MR) is 93.5 cm³/mol. The van der Waals surface area contributed by atoms with Crippen molar-refractivity contribution in [2.45, 2.75) is 12.6 Å². The number of nitro groups is 1. The highest BCUT2D eigenvalue weighted by atomic mass is 19.4. The summed E-state index contributed by atoms with van der Waals surface area (Å²) in [7, 11) is 0. The highest BCUT2D eigenvalue weighted by Crippen LogP contribution is 2.34. The van der Waals surface area contributed by atoms with Crippen LogP contribution in [-0.2, 0) is 6.18 Å². The first-order valence-electron chi connectivity index (χ1n) is 8.22. The molecule has 9 heteroatoms. The monoisotopic (exact) mass is 374 g/mol. The molecule has 6 nitrogen and oxygen atoms in total. The maximum Gasteiger partial charge on any atom is 0.416 e. The van der Waals surface area contributed by atoms with E-state index in [1.165, 1.54) is 24.3 Å². The van der Waals surface area contributed by atoms with E-state index in [0.717, 1.165) is 31.6 Å². The summed E-state index contributed by atoms with van der Waals surface area (Å²) in [6.07, 6.45) is -3.50. The minimum absolute atomic E-state index is 0.107. The van der Waals surface area contributed by atoms with Crippen LogP contribution in [0.3, 0.4) is 0 Å². The molecule has 3 aromatic rings. The maximum atomic E-state index is 13.0. The topological polar surface area (TPSA) is 72.2 Å². The van der Waals surface area contributed by atoms with Crippen LogP contribution in [0, 0.1) is 10.1 Å². The number of anilines is 1. The molecule has 27 heavy (non-hydrogen) atoms. The van der Waals surface area contributed by atoms with Gasteiger partial charge in [0, 0.05) is 36.2 Å². The van der Waals surface area contributed by atoms with Gasteiger partial charge in [-0.05, 0) is 24.6 Å². The molecule has 1 aliphatic heterocycles. The van der Waals surface area contributed by atoms with Crippen molar-refractivity contribution in [3.8, 4) is 11.4 Å². The molecule has 1 aliphatic rings. The second-order valence-electron chi connectivity index (χ2n) is 6.25. The van der Waals surface area contributed by atoms with E-state index in [4.69, 9.17) is 0 Å². The molecule has 0 atom stereocenters. The number of rotatable bonds is 3. The molecule has 0 bridgehead atoms. The van der Waals surface area contributed by atoms with Gasteiger partial charge in [0.1, 0.15) is 5.82 Å². The average molecular weight is 374 g/mol. The lowest BCUT2D eigenvalue weighted by atomic mass is 10.1. The number of nitro benzene ring substituents is 1. The molecule has 4 rings (SSSR count). The summed E-state index contributed by atoms with van der Waals surface area (Å²) in [4.78, 5) is 21.3. The zero-order chi connectivity index (χ0) is 19.2. The number of halogens is 3. The number of fused-ring (bicyclic) bond motifs is 1. The van der Waals surface area contributed by atoms with Crippen LogP contribution >= 0.6 is 0 Å². The van der Waals surface area contributed by atoms with Crippen LogP contribution in [0.4, 0.5) is 24.7 Å². The summed E-state index contributed by atoms with van der Waals surface area (Å²) in [6, 6.07) is 9.02. The van der Waals surface area contributed by atoms with Crippen molar-refractivity contribution in [3.05, 3.63) is 58.1 Å². The van der Waals surface area contributed by atoms with E-state index in [2.05, 4.69) is 9.97 Å². The normalized spacial score (nSPS) is 14.3. The third kappa shape index (κ3) is 3.16. The molecular formula is C18H13F3N4O2. The molecule has 138 valence electrons. The zero-order valence-corrected chi connectivity index (χ0v) is 13.9. The average Bonchev–Trinajstić information content (AvgIpc) is 2.59. The second-order valence-corrected chi connectivity index (χ2v) is 6.25.